The maximum Gasteiger partial charge on any atom is 0.256 e. The van der Waals surface area contributed by atoms with Gasteiger partial charge in [0.25, 0.3) is 5.91 Å². The molecule has 0 unspecified atom stereocenters. The molecule has 0 saturated heterocycles. The average molecular weight is 259 g/mol. The van der Waals surface area contributed by atoms with Gasteiger partial charge in [-0.05, 0) is 30.2 Å². The van der Waals surface area contributed by atoms with Crippen molar-refractivity contribution in [1.29, 1.82) is 0 Å². The van der Waals surface area contributed by atoms with E-state index in [-0.39, 0.29) is 17.3 Å². The SMILES string of the molecule is CCc1ccccc1C(=O)Nc1ccc(O)cc1F. The van der Waals surface area contributed by atoms with Gasteiger partial charge in [-0.15, -0.1) is 0 Å². The number of hydrogen-bond donors (Lipinski definition) is 2. The summed E-state index contributed by atoms with van der Waals surface area (Å²) < 4.78 is 13.5. The molecule has 0 aliphatic carbocycles. The number of phenolic OH excluding ortho intramolecular Hbond substituents is 1. The number of nitrogens with one attached hydrogen (secondary N) is 1. The fourth-order valence-electron chi connectivity index (χ4n) is 1.85. The smallest absolute Gasteiger partial charge is 0.256 e. The molecule has 0 fully saturated rings. The summed E-state index contributed by atoms with van der Waals surface area (Å²) >= 11 is 0. The van der Waals surface area contributed by atoms with Crippen molar-refractivity contribution >= 4 is 11.6 Å². The van der Waals surface area contributed by atoms with Crippen molar-refractivity contribution in [2.45, 2.75) is 13.3 Å². The minimum absolute atomic E-state index is 0.0497. The quantitative estimate of drug-likeness (QED) is 0.830. The Kier molecular flexibility index (Phi) is 3.80. The Bertz CT molecular complexity index is 611. The highest BCUT2D eigenvalue weighted by Crippen LogP contribution is 2.20. The number of halogens is 1. The van der Waals surface area contributed by atoms with Crippen LogP contribution >= 0.6 is 0 Å². The van der Waals surface area contributed by atoms with E-state index in [0.29, 0.717) is 5.56 Å². The summed E-state index contributed by atoms with van der Waals surface area (Å²) in [5, 5.41) is 11.6. The third-order valence-electron chi connectivity index (χ3n) is 2.84. The topological polar surface area (TPSA) is 49.3 Å². The van der Waals surface area contributed by atoms with Crippen LogP contribution in [0.25, 0.3) is 0 Å². The van der Waals surface area contributed by atoms with E-state index in [2.05, 4.69) is 5.32 Å². The minimum Gasteiger partial charge on any atom is -0.508 e. The molecule has 2 rings (SSSR count). The second-order valence-electron chi connectivity index (χ2n) is 4.13. The first-order valence-corrected chi connectivity index (χ1v) is 5.99. The fourth-order valence-corrected chi connectivity index (χ4v) is 1.85. The molecule has 0 aliphatic heterocycles. The lowest BCUT2D eigenvalue weighted by atomic mass is 10.0. The Morgan fingerprint density at radius 1 is 1.26 bits per heavy atom. The molecular formula is C15H14FNO2. The highest BCUT2D eigenvalue weighted by atomic mass is 19.1. The molecule has 0 heterocycles. The summed E-state index contributed by atoms with van der Waals surface area (Å²) in [5.74, 6) is -1.20. The highest BCUT2D eigenvalue weighted by Gasteiger charge is 2.12. The summed E-state index contributed by atoms with van der Waals surface area (Å²) in [6, 6.07) is 10.8. The van der Waals surface area contributed by atoms with E-state index in [1.807, 2.05) is 19.1 Å². The van der Waals surface area contributed by atoms with Crippen LogP contribution in [0.2, 0.25) is 0 Å². The monoisotopic (exact) mass is 259 g/mol. The molecule has 0 radical (unpaired) electrons. The number of carbonyl (C=O) groups is 1. The third kappa shape index (κ3) is 2.91. The van der Waals surface area contributed by atoms with Crippen LogP contribution in [0, 0.1) is 5.82 Å². The second kappa shape index (κ2) is 5.52. The average Bonchev–Trinajstić information content (AvgIpc) is 2.41. The van der Waals surface area contributed by atoms with Crippen molar-refractivity contribution in [3.8, 4) is 5.75 Å². The number of amides is 1. The van der Waals surface area contributed by atoms with Crippen molar-refractivity contribution in [2.75, 3.05) is 5.32 Å². The lowest BCUT2D eigenvalue weighted by molar-refractivity contribution is 0.102. The first-order valence-electron chi connectivity index (χ1n) is 5.99. The molecule has 19 heavy (non-hydrogen) atoms. The Morgan fingerprint density at radius 2 is 2.00 bits per heavy atom. The van der Waals surface area contributed by atoms with Crippen LogP contribution in [0.3, 0.4) is 0 Å². The molecule has 2 N–H and O–H groups in total. The van der Waals surface area contributed by atoms with Crippen molar-refractivity contribution in [3.05, 3.63) is 59.4 Å². The van der Waals surface area contributed by atoms with Gasteiger partial charge in [0.05, 0.1) is 5.69 Å². The number of phenols is 1. The minimum atomic E-state index is -0.665. The summed E-state index contributed by atoms with van der Waals surface area (Å²) in [6.07, 6.45) is 0.724. The molecule has 4 heteroatoms. The van der Waals surface area contributed by atoms with Gasteiger partial charge in [-0.25, -0.2) is 4.39 Å². The van der Waals surface area contributed by atoms with E-state index >= 15 is 0 Å². The van der Waals surface area contributed by atoms with Crippen molar-refractivity contribution in [1.82, 2.24) is 0 Å². The van der Waals surface area contributed by atoms with Crippen molar-refractivity contribution in [2.24, 2.45) is 0 Å². The lowest BCUT2D eigenvalue weighted by Crippen LogP contribution is -2.14. The standard InChI is InChI=1S/C15H14FNO2/c1-2-10-5-3-4-6-12(10)15(19)17-14-8-7-11(18)9-13(14)16/h3-9,18H,2H2,1H3,(H,17,19). The van der Waals surface area contributed by atoms with Crippen LogP contribution in [0.1, 0.15) is 22.8 Å². The summed E-state index contributed by atoms with van der Waals surface area (Å²) in [5.41, 5.74) is 1.48. The van der Waals surface area contributed by atoms with Crippen LogP contribution in [-0.4, -0.2) is 11.0 Å². The predicted molar refractivity (Wildman–Crippen MR) is 71.8 cm³/mol. The van der Waals surface area contributed by atoms with Crippen LogP contribution in [-0.2, 0) is 6.42 Å². The Balaban J connectivity index is 2.26. The second-order valence-corrected chi connectivity index (χ2v) is 4.13. The largest absolute Gasteiger partial charge is 0.508 e. The molecule has 0 atom stereocenters. The van der Waals surface area contributed by atoms with Crippen molar-refractivity contribution in [3.63, 3.8) is 0 Å². The molecular weight excluding hydrogens is 245 g/mol. The van der Waals surface area contributed by atoms with Gasteiger partial charge in [0.2, 0.25) is 0 Å². The lowest BCUT2D eigenvalue weighted by Gasteiger charge is -2.09. The first-order chi connectivity index (χ1) is 9.11. The Labute approximate surface area is 110 Å². The maximum atomic E-state index is 13.5. The number of carbonyl (C=O) groups excluding carboxylic acids is 1. The zero-order chi connectivity index (χ0) is 13.8. The molecule has 3 nitrogen and oxygen atoms in total. The van der Waals surface area contributed by atoms with Gasteiger partial charge in [0, 0.05) is 11.6 Å². The molecule has 98 valence electrons. The maximum absolute atomic E-state index is 13.5. The molecule has 1 amide bonds. The number of hydrogen-bond acceptors (Lipinski definition) is 2. The van der Waals surface area contributed by atoms with Crippen LogP contribution in [0.4, 0.5) is 10.1 Å². The summed E-state index contributed by atoms with van der Waals surface area (Å²) in [6.45, 7) is 1.95. The van der Waals surface area contributed by atoms with Gasteiger partial charge in [0.15, 0.2) is 0 Å². The van der Waals surface area contributed by atoms with Gasteiger partial charge < -0.3 is 10.4 Å². The predicted octanol–water partition coefficient (Wildman–Crippen LogP) is 3.35. The van der Waals surface area contributed by atoms with Gasteiger partial charge in [-0.2, -0.15) is 0 Å². The normalized spacial score (nSPS) is 10.2. The molecule has 0 bridgehead atoms. The highest BCUT2D eigenvalue weighted by molar-refractivity contribution is 6.05. The number of benzene rings is 2. The van der Waals surface area contributed by atoms with Crippen molar-refractivity contribution < 1.29 is 14.3 Å². The zero-order valence-electron chi connectivity index (χ0n) is 10.5. The van der Waals surface area contributed by atoms with Gasteiger partial charge in [-0.1, -0.05) is 25.1 Å². The van der Waals surface area contributed by atoms with Gasteiger partial charge in [0.1, 0.15) is 11.6 Å². The Morgan fingerprint density at radius 3 is 2.68 bits per heavy atom. The number of anilines is 1. The molecule has 0 saturated carbocycles. The van der Waals surface area contributed by atoms with E-state index in [1.165, 1.54) is 12.1 Å². The molecule has 2 aromatic carbocycles. The zero-order valence-corrected chi connectivity index (χ0v) is 10.5. The number of aromatic hydroxyl groups is 1. The Hall–Kier alpha value is -2.36. The summed E-state index contributed by atoms with van der Waals surface area (Å²) in [4.78, 5) is 12.1. The molecule has 0 spiro atoms. The van der Waals surface area contributed by atoms with E-state index in [4.69, 9.17) is 5.11 Å². The van der Waals surface area contributed by atoms with Crippen LogP contribution < -0.4 is 5.32 Å². The van der Waals surface area contributed by atoms with E-state index < -0.39 is 5.82 Å². The number of aryl methyl sites for hydroxylation is 1. The van der Waals surface area contributed by atoms with Gasteiger partial charge >= 0.3 is 0 Å². The number of rotatable bonds is 3. The van der Waals surface area contributed by atoms with Gasteiger partial charge in [-0.3, -0.25) is 4.79 Å². The molecule has 2 aromatic rings. The van der Waals surface area contributed by atoms with E-state index in [1.54, 1.807) is 12.1 Å². The summed E-state index contributed by atoms with van der Waals surface area (Å²) in [7, 11) is 0. The van der Waals surface area contributed by atoms with Crippen LogP contribution in [0.15, 0.2) is 42.5 Å². The van der Waals surface area contributed by atoms with E-state index in [9.17, 15) is 9.18 Å². The van der Waals surface area contributed by atoms with Crippen LogP contribution in [0.5, 0.6) is 5.75 Å². The third-order valence-corrected chi connectivity index (χ3v) is 2.84. The first kappa shape index (κ1) is 13.1. The molecule has 0 aliphatic rings. The fraction of sp³-hybridized carbons (Fsp3) is 0.133. The van der Waals surface area contributed by atoms with E-state index in [0.717, 1.165) is 18.1 Å². The molecule has 0 aromatic heterocycles.